The van der Waals surface area contributed by atoms with Crippen molar-refractivity contribution in [2.75, 3.05) is 32.8 Å². The third-order valence-electron chi connectivity index (χ3n) is 5.53. The fourth-order valence-corrected chi connectivity index (χ4v) is 4.39. The fraction of sp³-hybridized carbons (Fsp3) is 0.611. The van der Waals surface area contributed by atoms with Gasteiger partial charge in [0.1, 0.15) is 5.82 Å². The molecule has 1 aromatic rings. The van der Waals surface area contributed by atoms with E-state index in [2.05, 4.69) is 4.90 Å². The maximum Gasteiger partial charge on any atom is 0.222 e. The van der Waals surface area contributed by atoms with Crippen LogP contribution in [0.3, 0.4) is 0 Å². The van der Waals surface area contributed by atoms with E-state index < -0.39 is 0 Å². The molecule has 0 bridgehead atoms. The molecule has 0 spiro atoms. The van der Waals surface area contributed by atoms with Gasteiger partial charge in [0.2, 0.25) is 5.91 Å². The van der Waals surface area contributed by atoms with Gasteiger partial charge in [-0.05, 0) is 24.1 Å². The number of carbonyl (C=O) groups is 1. The number of hydrogen-bond donors (Lipinski definition) is 0. The Kier molecular flexibility index (Phi) is 4.50. The average molecular weight is 353 g/mol. The number of carbonyl (C=O) groups excluding carboxylic acids is 1. The van der Waals surface area contributed by atoms with Gasteiger partial charge in [0.25, 0.3) is 0 Å². The second kappa shape index (κ2) is 6.62. The van der Waals surface area contributed by atoms with Gasteiger partial charge >= 0.3 is 0 Å². The van der Waals surface area contributed by atoms with E-state index in [-0.39, 0.29) is 22.9 Å². The topological polar surface area (TPSA) is 32.8 Å². The summed E-state index contributed by atoms with van der Waals surface area (Å²) < 4.78 is 19.6. The minimum absolute atomic E-state index is 0.163. The Balaban J connectivity index is 1.36. The fourth-order valence-electron chi connectivity index (χ4n) is 4.27. The molecule has 4 rings (SSSR count). The van der Waals surface area contributed by atoms with Crippen LogP contribution in [0.1, 0.15) is 18.4 Å². The van der Waals surface area contributed by atoms with Crippen molar-refractivity contribution < 1.29 is 13.9 Å². The second-order valence-corrected chi connectivity index (χ2v) is 7.59. The number of benzene rings is 1. The van der Waals surface area contributed by atoms with E-state index in [4.69, 9.17) is 16.3 Å². The highest BCUT2D eigenvalue weighted by atomic mass is 35.5. The summed E-state index contributed by atoms with van der Waals surface area (Å²) in [7, 11) is 0. The quantitative estimate of drug-likeness (QED) is 0.835. The first-order chi connectivity index (χ1) is 11.6. The van der Waals surface area contributed by atoms with Crippen LogP contribution in [0.15, 0.2) is 18.2 Å². The summed E-state index contributed by atoms with van der Waals surface area (Å²) in [5, 5.41) is 0.163. The lowest BCUT2D eigenvalue weighted by atomic mass is 9.93. The third-order valence-corrected chi connectivity index (χ3v) is 5.84. The molecule has 3 atom stereocenters. The molecule has 0 aromatic heterocycles. The Bertz CT molecular complexity index is 641. The van der Waals surface area contributed by atoms with Gasteiger partial charge in [-0.25, -0.2) is 4.39 Å². The molecule has 1 aromatic carbocycles. The van der Waals surface area contributed by atoms with E-state index >= 15 is 0 Å². The van der Waals surface area contributed by atoms with Crippen molar-refractivity contribution in [1.29, 1.82) is 0 Å². The SMILES string of the molecule is O=C1CCCN1C[C@H]1CO[C@@H]2CN(Cc3ccc(Cl)c(F)c3)C[C@H]12. The Morgan fingerprint density at radius 1 is 1.33 bits per heavy atom. The Labute approximate surface area is 146 Å². The molecule has 0 aliphatic carbocycles. The van der Waals surface area contributed by atoms with Gasteiger partial charge in [-0.1, -0.05) is 17.7 Å². The zero-order valence-electron chi connectivity index (χ0n) is 13.6. The molecule has 1 amide bonds. The molecule has 24 heavy (non-hydrogen) atoms. The smallest absolute Gasteiger partial charge is 0.222 e. The van der Waals surface area contributed by atoms with Crippen molar-refractivity contribution in [3.63, 3.8) is 0 Å². The number of likely N-dealkylation sites (tertiary alicyclic amines) is 2. The third kappa shape index (κ3) is 3.17. The molecular formula is C18H22ClFN2O2. The molecule has 3 aliphatic heterocycles. The van der Waals surface area contributed by atoms with Crippen LogP contribution in [0.4, 0.5) is 4.39 Å². The second-order valence-electron chi connectivity index (χ2n) is 7.18. The zero-order chi connectivity index (χ0) is 16.7. The van der Waals surface area contributed by atoms with Crippen LogP contribution in [-0.2, 0) is 16.1 Å². The standard InChI is InChI=1S/C18H22ClFN2O2/c19-15-4-3-12(6-16(15)20)7-21-9-14-13(11-24-17(14)10-21)8-22-5-1-2-18(22)23/h3-4,6,13-14,17H,1-2,5,7-11H2/t13-,14+,17+/m0/s1. The number of rotatable bonds is 4. The molecule has 0 radical (unpaired) electrons. The highest BCUT2D eigenvalue weighted by Gasteiger charge is 2.44. The van der Waals surface area contributed by atoms with E-state index in [0.717, 1.165) is 44.8 Å². The molecule has 0 saturated carbocycles. The van der Waals surface area contributed by atoms with E-state index in [1.54, 1.807) is 6.07 Å². The molecule has 3 saturated heterocycles. The predicted molar refractivity (Wildman–Crippen MR) is 89.2 cm³/mol. The minimum atomic E-state index is -0.366. The first-order valence-electron chi connectivity index (χ1n) is 8.66. The predicted octanol–water partition coefficient (Wildman–Crippen LogP) is 2.55. The number of halogens is 2. The lowest BCUT2D eigenvalue weighted by Gasteiger charge is -2.24. The van der Waals surface area contributed by atoms with Gasteiger partial charge in [0.05, 0.1) is 17.7 Å². The molecule has 130 valence electrons. The summed E-state index contributed by atoms with van der Waals surface area (Å²) in [5.41, 5.74) is 0.933. The molecule has 4 nitrogen and oxygen atoms in total. The van der Waals surface area contributed by atoms with Gasteiger partial charge in [0, 0.05) is 51.0 Å². The zero-order valence-corrected chi connectivity index (χ0v) is 14.3. The maximum atomic E-state index is 13.6. The van der Waals surface area contributed by atoms with Gasteiger partial charge in [-0.2, -0.15) is 0 Å². The average Bonchev–Trinajstić information content (AvgIpc) is 3.22. The van der Waals surface area contributed by atoms with Crippen molar-refractivity contribution in [3.8, 4) is 0 Å². The van der Waals surface area contributed by atoms with Crippen LogP contribution in [0.5, 0.6) is 0 Å². The van der Waals surface area contributed by atoms with Crippen LogP contribution < -0.4 is 0 Å². The van der Waals surface area contributed by atoms with E-state index in [1.165, 1.54) is 6.07 Å². The molecule has 0 unspecified atom stereocenters. The number of amides is 1. The molecular weight excluding hydrogens is 331 g/mol. The highest BCUT2D eigenvalue weighted by Crippen LogP contribution is 2.35. The molecule has 6 heteroatoms. The Morgan fingerprint density at radius 3 is 2.96 bits per heavy atom. The van der Waals surface area contributed by atoms with Crippen LogP contribution in [0.25, 0.3) is 0 Å². The monoisotopic (exact) mass is 352 g/mol. The molecule has 3 heterocycles. The Morgan fingerprint density at radius 2 is 2.21 bits per heavy atom. The lowest BCUT2D eigenvalue weighted by molar-refractivity contribution is -0.128. The van der Waals surface area contributed by atoms with Gasteiger partial charge < -0.3 is 9.64 Å². The van der Waals surface area contributed by atoms with Crippen molar-refractivity contribution in [1.82, 2.24) is 9.80 Å². The van der Waals surface area contributed by atoms with Crippen LogP contribution in [-0.4, -0.2) is 54.6 Å². The largest absolute Gasteiger partial charge is 0.376 e. The number of fused-ring (bicyclic) bond motifs is 1. The Hall–Kier alpha value is -1.17. The molecule has 3 fully saturated rings. The highest BCUT2D eigenvalue weighted by molar-refractivity contribution is 6.30. The van der Waals surface area contributed by atoms with Crippen molar-refractivity contribution in [2.24, 2.45) is 11.8 Å². The maximum absolute atomic E-state index is 13.6. The summed E-state index contributed by atoms with van der Waals surface area (Å²) >= 11 is 5.75. The van der Waals surface area contributed by atoms with Gasteiger partial charge in [-0.15, -0.1) is 0 Å². The minimum Gasteiger partial charge on any atom is -0.376 e. The molecule has 0 N–H and O–H groups in total. The van der Waals surface area contributed by atoms with E-state index in [9.17, 15) is 9.18 Å². The van der Waals surface area contributed by atoms with Crippen LogP contribution in [0.2, 0.25) is 5.02 Å². The van der Waals surface area contributed by atoms with E-state index in [0.29, 0.717) is 24.8 Å². The van der Waals surface area contributed by atoms with Crippen molar-refractivity contribution in [3.05, 3.63) is 34.6 Å². The summed E-state index contributed by atoms with van der Waals surface area (Å²) in [4.78, 5) is 16.2. The summed E-state index contributed by atoms with van der Waals surface area (Å²) in [5.74, 6) is 0.805. The van der Waals surface area contributed by atoms with Crippen molar-refractivity contribution >= 4 is 17.5 Å². The van der Waals surface area contributed by atoms with Gasteiger partial charge in [0.15, 0.2) is 0 Å². The summed E-state index contributed by atoms with van der Waals surface area (Å²) in [6.45, 7) is 4.99. The van der Waals surface area contributed by atoms with Crippen LogP contribution >= 0.6 is 11.6 Å². The summed E-state index contributed by atoms with van der Waals surface area (Å²) in [6.07, 6.45) is 1.91. The molecule has 3 aliphatic rings. The first-order valence-corrected chi connectivity index (χ1v) is 9.03. The van der Waals surface area contributed by atoms with Gasteiger partial charge in [-0.3, -0.25) is 9.69 Å². The van der Waals surface area contributed by atoms with Crippen LogP contribution in [0, 0.1) is 17.7 Å². The van der Waals surface area contributed by atoms with Crippen molar-refractivity contribution in [2.45, 2.75) is 25.5 Å². The first kappa shape index (κ1) is 16.3. The van der Waals surface area contributed by atoms with E-state index in [1.807, 2.05) is 11.0 Å². The number of hydrogen-bond acceptors (Lipinski definition) is 3. The summed E-state index contributed by atoms with van der Waals surface area (Å²) in [6, 6.07) is 5.00. The lowest BCUT2D eigenvalue weighted by Crippen LogP contribution is -2.35. The normalized spacial score (nSPS) is 30.3. The number of ether oxygens (including phenoxy) is 1. The number of nitrogens with zero attached hydrogens (tertiary/aromatic N) is 2.